The fourth-order valence-corrected chi connectivity index (χ4v) is 4.54. The SMILES string of the molecule is Cc1ccc(O[C@H]2C[C@H]3CC[C@@H](C2)N3Oc2ccc(C(F)(F)F)cn2)c(OCC2CC2)c1. The molecule has 2 saturated heterocycles. The van der Waals surface area contributed by atoms with Crippen molar-refractivity contribution in [3.8, 4) is 17.4 Å². The fraction of sp³-hybridized carbons (Fsp3) is 0.542. The number of hydroxylamine groups is 2. The van der Waals surface area contributed by atoms with E-state index in [4.69, 9.17) is 14.3 Å². The van der Waals surface area contributed by atoms with Gasteiger partial charge in [-0.2, -0.15) is 13.2 Å². The van der Waals surface area contributed by atoms with Gasteiger partial charge in [-0.3, -0.25) is 0 Å². The predicted molar refractivity (Wildman–Crippen MR) is 112 cm³/mol. The van der Waals surface area contributed by atoms with Gasteiger partial charge in [-0.25, -0.2) is 4.98 Å². The van der Waals surface area contributed by atoms with Crippen molar-refractivity contribution in [2.45, 2.75) is 69.8 Å². The van der Waals surface area contributed by atoms with Crippen LogP contribution in [-0.2, 0) is 6.18 Å². The van der Waals surface area contributed by atoms with Gasteiger partial charge in [0.25, 0.3) is 0 Å². The number of benzene rings is 1. The van der Waals surface area contributed by atoms with E-state index >= 15 is 0 Å². The first kappa shape index (κ1) is 21.4. The summed E-state index contributed by atoms with van der Waals surface area (Å²) in [6.07, 6.45) is 2.41. The second-order valence-corrected chi connectivity index (χ2v) is 9.13. The molecule has 1 aliphatic carbocycles. The number of ether oxygens (including phenoxy) is 2. The maximum absolute atomic E-state index is 12.8. The third-order valence-electron chi connectivity index (χ3n) is 6.45. The summed E-state index contributed by atoms with van der Waals surface area (Å²) in [6, 6.07) is 8.60. The molecule has 3 aliphatic rings. The van der Waals surface area contributed by atoms with Gasteiger partial charge in [-0.05, 0) is 62.3 Å². The molecule has 0 amide bonds. The molecule has 5 nitrogen and oxygen atoms in total. The molecule has 2 aliphatic heterocycles. The van der Waals surface area contributed by atoms with Gasteiger partial charge in [0.05, 0.1) is 12.2 Å². The van der Waals surface area contributed by atoms with E-state index in [1.54, 1.807) is 0 Å². The highest BCUT2D eigenvalue weighted by atomic mass is 19.4. The van der Waals surface area contributed by atoms with Crippen LogP contribution in [0.3, 0.4) is 0 Å². The largest absolute Gasteiger partial charge is 0.489 e. The average molecular weight is 448 g/mol. The second kappa shape index (κ2) is 8.46. The highest BCUT2D eigenvalue weighted by Crippen LogP contribution is 2.40. The van der Waals surface area contributed by atoms with Gasteiger partial charge >= 0.3 is 6.18 Å². The van der Waals surface area contributed by atoms with Crippen LogP contribution < -0.4 is 14.3 Å². The van der Waals surface area contributed by atoms with Crippen LogP contribution in [0.2, 0.25) is 0 Å². The molecule has 8 heteroatoms. The predicted octanol–water partition coefficient (Wildman–Crippen LogP) is 5.57. The number of hydrogen-bond donors (Lipinski definition) is 0. The Bertz CT molecular complexity index is 932. The van der Waals surface area contributed by atoms with Crippen molar-refractivity contribution in [3.05, 3.63) is 47.7 Å². The summed E-state index contributed by atoms with van der Waals surface area (Å²) in [5.41, 5.74) is 0.355. The summed E-state index contributed by atoms with van der Waals surface area (Å²) >= 11 is 0. The Morgan fingerprint density at radius 2 is 1.75 bits per heavy atom. The van der Waals surface area contributed by atoms with Gasteiger partial charge in [-0.15, -0.1) is 5.06 Å². The molecule has 1 aromatic carbocycles. The molecular formula is C24H27F3N2O3. The number of alkyl halides is 3. The minimum Gasteiger partial charge on any atom is -0.489 e. The molecule has 3 fully saturated rings. The van der Waals surface area contributed by atoms with E-state index < -0.39 is 11.7 Å². The van der Waals surface area contributed by atoms with Crippen LogP contribution in [0.4, 0.5) is 13.2 Å². The number of rotatable bonds is 7. The number of nitrogens with zero attached hydrogens (tertiary/aromatic N) is 2. The molecule has 32 heavy (non-hydrogen) atoms. The molecule has 0 N–H and O–H groups in total. The standard InChI is InChI=1S/C24H27F3N2O3/c1-15-2-8-21(22(10-15)30-14-16-3-4-16)31-20-11-18-6-7-19(12-20)29(18)32-23-9-5-17(13-28-23)24(25,26)27/h2,5,8-10,13,16,18-20H,3-4,6-7,11-12,14H2,1H3/t18-,19+,20+. The zero-order valence-electron chi connectivity index (χ0n) is 18.0. The van der Waals surface area contributed by atoms with E-state index in [2.05, 4.69) is 4.98 Å². The molecular weight excluding hydrogens is 421 g/mol. The number of aromatic nitrogens is 1. The molecule has 0 unspecified atom stereocenters. The normalized spacial score (nSPS) is 25.6. The maximum Gasteiger partial charge on any atom is 0.417 e. The first-order chi connectivity index (χ1) is 15.3. The number of pyridine rings is 1. The molecule has 2 aromatic rings. The number of fused-ring (bicyclic) bond motifs is 2. The van der Waals surface area contributed by atoms with E-state index in [0.29, 0.717) is 5.92 Å². The van der Waals surface area contributed by atoms with Crippen LogP contribution in [-0.4, -0.2) is 34.8 Å². The Hall–Kier alpha value is -2.48. The van der Waals surface area contributed by atoms with Gasteiger partial charge in [0.1, 0.15) is 6.10 Å². The lowest BCUT2D eigenvalue weighted by atomic mass is 10.0. The summed E-state index contributed by atoms with van der Waals surface area (Å²) in [5.74, 6) is 2.43. The zero-order valence-corrected chi connectivity index (χ0v) is 18.0. The van der Waals surface area contributed by atoms with Crippen LogP contribution in [0.25, 0.3) is 0 Å². The fourth-order valence-electron chi connectivity index (χ4n) is 4.54. The average Bonchev–Trinajstić information content (AvgIpc) is 3.54. The lowest BCUT2D eigenvalue weighted by molar-refractivity contribution is -0.142. The Balaban J connectivity index is 1.22. The molecule has 1 saturated carbocycles. The van der Waals surface area contributed by atoms with E-state index in [9.17, 15) is 13.2 Å². The van der Waals surface area contributed by atoms with Crippen LogP contribution in [0.15, 0.2) is 36.5 Å². The van der Waals surface area contributed by atoms with Crippen LogP contribution in [0.1, 0.15) is 49.7 Å². The van der Waals surface area contributed by atoms with Crippen molar-refractivity contribution in [3.63, 3.8) is 0 Å². The molecule has 5 rings (SSSR count). The van der Waals surface area contributed by atoms with Crippen molar-refractivity contribution in [1.82, 2.24) is 10.0 Å². The van der Waals surface area contributed by atoms with Crippen molar-refractivity contribution < 1.29 is 27.5 Å². The summed E-state index contributed by atoms with van der Waals surface area (Å²) in [5, 5.41) is 1.90. The smallest absolute Gasteiger partial charge is 0.417 e. The van der Waals surface area contributed by atoms with Crippen molar-refractivity contribution in [1.29, 1.82) is 0 Å². The first-order valence-electron chi connectivity index (χ1n) is 11.2. The summed E-state index contributed by atoms with van der Waals surface area (Å²) in [6.45, 7) is 2.77. The Morgan fingerprint density at radius 3 is 2.38 bits per heavy atom. The molecule has 2 bridgehead atoms. The van der Waals surface area contributed by atoms with Crippen LogP contribution in [0, 0.1) is 12.8 Å². The lowest BCUT2D eigenvalue weighted by Gasteiger charge is -2.37. The van der Waals surface area contributed by atoms with Crippen LogP contribution in [0.5, 0.6) is 17.4 Å². The third kappa shape index (κ3) is 4.80. The van der Waals surface area contributed by atoms with Gasteiger partial charge in [0.2, 0.25) is 5.88 Å². The first-order valence-corrected chi connectivity index (χ1v) is 11.2. The van der Waals surface area contributed by atoms with Gasteiger partial charge in [0, 0.05) is 37.2 Å². The van der Waals surface area contributed by atoms with E-state index in [0.717, 1.165) is 61.6 Å². The van der Waals surface area contributed by atoms with Crippen LogP contribution >= 0.6 is 0 Å². The third-order valence-corrected chi connectivity index (χ3v) is 6.45. The molecule has 3 heterocycles. The molecule has 3 atom stereocenters. The Kier molecular flexibility index (Phi) is 5.65. The summed E-state index contributed by atoms with van der Waals surface area (Å²) in [7, 11) is 0. The molecule has 1 aromatic heterocycles. The minimum absolute atomic E-state index is 0.0406. The number of aryl methyl sites for hydroxylation is 1. The minimum atomic E-state index is -4.41. The monoisotopic (exact) mass is 448 g/mol. The Labute approximate surface area is 185 Å². The highest BCUT2D eigenvalue weighted by molar-refractivity contribution is 5.43. The van der Waals surface area contributed by atoms with Gasteiger partial charge in [0.15, 0.2) is 11.5 Å². The molecule has 0 spiro atoms. The number of hydrogen-bond acceptors (Lipinski definition) is 5. The van der Waals surface area contributed by atoms with E-state index in [1.165, 1.54) is 18.9 Å². The maximum atomic E-state index is 12.8. The van der Waals surface area contributed by atoms with Gasteiger partial charge < -0.3 is 14.3 Å². The number of piperidine rings is 1. The summed E-state index contributed by atoms with van der Waals surface area (Å²) in [4.78, 5) is 9.75. The van der Waals surface area contributed by atoms with E-state index in [-0.39, 0.29) is 24.1 Å². The molecule has 0 radical (unpaired) electrons. The Morgan fingerprint density at radius 1 is 1.00 bits per heavy atom. The van der Waals surface area contributed by atoms with Crippen molar-refractivity contribution >= 4 is 0 Å². The van der Waals surface area contributed by atoms with Crippen molar-refractivity contribution in [2.24, 2.45) is 5.92 Å². The van der Waals surface area contributed by atoms with E-state index in [1.807, 2.05) is 30.2 Å². The van der Waals surface area contributed by atoms with Gasteiger partial charge in [-0.1, -0.05) is 6.07 Å². The summed E-state index contributed by atoms with van der Waals surface area (Å²) < 4.78 is 50.7. The second-order valence-electron chi connectivity index (χ2n) is 9.13. The van der Waals surface area contributed by atoms with Crippen molar-refractivity contribution in [2.75, 3.05) is 6.61 Å². The molecule has 172 valence electrons. The zero-order chi connectivity index (χ0) is 22.3. The number of halogens is 3. The quantitative estimate of drug-likeness (QED) is 0.554. The lowest BCUT2D eigenvalue weighted by Crippen LogP contribution is -2.48. The highest BCUT2D eigenvalue weighted by Gasteiger charge is 2.44. The topological polar surface area (TPSA) is 43.8 Å².